The highest BCUT2D eigenvalue weighted by Crippen LogP contribution is 2.46. The number of pyridine rings is 1. The van der Waals surface area contributed by atoms with E-state index in [1.165, 1.54) is 12.4 Å². The molecule has 0 unspecified atom stereocenters. The second-order valence-corrected chi connectivity index (χ2v) is 10.6. The molecule has 9 heteroatoms. The molecule has 2 heterocycles. The van der Waals surface area contributed by atoms with Gasteiger partial charge in [0.1, 0.15) is 6.61 Å². The van der Waals surface area contributed by atoms with Gasteiger partial charge >= 0.3 is 0 Å². The number of hydrogen-bond donors (Lipinski definition) is 1. The summed E-state index contributed by atoms with van der Waals surface area (Å²) in [6.45, 7) is 5.13. The van der Waals surface area contributed by atoms with Crippen LogP contribution in [0.3, 0.4) is 0 Å². The number of aromatic nitrogens is 1. The summed E-state index contributed by atoms with van der Waals surface area (Å²) in [5.74, 6) is 0.119. The first kappa shape index (κ1) is 25.4. The number of amides is 1. The molecule has 1 amide bonds. The number of carbonyl (C=O) groups is 1. The largest absolute Gasteiger partial charge is 0.396 e. The Labute approximate surface area is 219 Å². The fraction of sp³-hybridized carbons (Fsp3) is 0.480. The number of piperidine rings is 1. The van der Waals surface area contributed by atoms with Crippen molar-refractivity contribution < 1.29 is 9.63 Å². The van der Waals surface area contributed by atoms with Crippen LogP contribution in [0.1, 0.15) is 54.9 Å². The van der Waals surface area contributed by atoms with Crippen LogP contribution in [0.15, 0.2) is 46.3 Å². The van der Waals surface area contributed by atoms with E-state index in [4.69, 9.17) is 28.0 Å². The maximum atomic E-state index is 12.6. The van der Waals surface area contributed by atoms with Crippen LogP contribution in [-0.2, 0) is 4.84 Å². The third kappa shape index (κ3) is 5.93. The molecule has 4 rings (SSSR count). The molecule has 0 spiro atoms. The number of carbonyl (C=O) groups excluding carboxylic acids is 1. The lowest BCUT2D eigenvalue weighted by atomic mass is 9.87. The summed E-state index contributed by atoms with van der Waals surface area (Å²) in [6.07, 6.45) is 8.19. The lowest BCUT2D eigenvalue weighted by Gasteiger charge is -2.38. The molecule has 1 aliphatic carbocycles. The molecule has 2 aliphatic rings. The average molecular weight is 568 g/mol. The van der Waals surface area contributed by atoms with Gasteiger partial charge in [-0.25, -0.2) is 0 Å². The van der Waals surface area contributed by atoms with Gasteiger partial charge in [0, 0.05) is 34.9 Å². The number of likely N-dealkylation sites (tertiary alicyclic amines) is 1. The number of nitrogens with zero attached hydrogens (tertiary/aromatic N) is 3. The summed E-state index contributed by atoms with van der Waals surface area (Å²) in [7, 11) is 0. The molecule has 34 heavy (non-hydrogen) atoms. The number of benzene rings is 1. The zero-order valence-corrected chi connectivity index (χ0v) is 22.3. The van der Waals surface area contributed by atoms with Crippen LogP contribution < -0.4 is 5.32 Å². The van der Waals surface area contributed by atoms with E-state index in [1.54, 1.807) is 0 Å². The smallest absolute Gasteiger partial charge is 0.254 e. The van der Waals surface area contributed by atoms with Crippen molar-refractivity contribution in [1.29, 1.82) is 0 Å². The summed E-state index contributed by atoms with van der Waals surface area (Å²) in [6, 6.07) is 8.29. The van der Waals surface area contributed by atoms with Gasteiger partial charge in [0.2, 0.25) is 0 Å². The second kappa shape index (κ2) is 11.4. The molecule has 0 bridgehead atoms. The lowest BCUT2D eigenvalue weighted by molar-refractivity contribution is 0.0934. The van der Waals surface area contributed by atoms with Gasteiger partial charge < -0.3 is 10.2 Å². The summed E-state index contributed by atoms with van der Waals surface area (Å²) in [5.41, 5.74) is 2.63. The van der Waals surface area contributed by atoms with E-state index in [-0.39, 0.29) is 27.1 Å². The Morgan fingerprint density at radius 2 is 1.85 bits per heavy atom. The minimum atomic E-state index is -0.252. The van der Waals surface area contributed by atoms with E-state index in [1.807, 2.05) is 19.1 Å². The van der Waals surface area contributed by atoms with E-state index in [0.717, 1.165) is 60.9 Å². The van der Waals surface area contributed by atoms with E-state index in [9.17, 15) is 4.79 Å². The molecule has 2 aromatic rings. The van der Waals surface area contributed by atoms with Crippen molar-refractivity contribution in [2.45, 2.75) is 44.6 Å². The fourth-order valence-electron chi connectivity index (χ4n) is 4.74. The monoisotopic (exact) mass is 566 g/mol. The normalized spacial score (nSPS) is 18.5. The summed E-state index contributed by atoms with van der Waals surface area (Å²) in [4.78, 5) is 24.6. The Balaban J connectivity index is 1.32. The molecule has 2 fully saturated rings. The molecule has 182 valence electrons. The quantitative estimate of drug-likeness (QED) is 0.300. The number of halogens is 3. The third-order valence-electron chi connectivity index (χ3n) is 6.77. The highest BCUT2D eigenvalue weighted by molar-refractivity contribution is 9.10. The van der Waals surface area contributed by atoms with Crippen molar-refractivity contribution in [1.82, 2.24) is 15.2 Å². The molecule has 1 aromatic carbocycles. The van der Waals surface area contributed by atoms with Gasteiger partial charge in [-0.05, 0) is 69.8 Å². The minimum absolute atomic E-state index is 0.179. The van der Waals surface area contributed by atoms with Gasteiger partial charge in [-0.15, -0.1) is 0 Å². The fourth-order valence-corrected chi connectivity index (χ4v) is 5.54. The van der Waals surface area contributed by atoms with Gasteiger partial charge in [-0.3, -0.25) is 14.7 Å². The Kier molecular flexibility index (Phi) is 8.51. The standard InChI is InChI=1S/C25H29BrCl2N4O2/c1-2-34-31-23(17-3-5-19(26)6-4-17)18-7-13-32(14-8-18)25(9-10-25)11-12-30-24(33)22-20(27)15-29-16-21(22)28/h3-6,15-16,18H,2,7-14H2,1H3,(H,30,33)/b31-23+. The molecule has 1 aromatic heterocycles. The van der Waals surface area contributed by atoms with E-state index in [0.29, 0.717) is 19.1 Å². The first-order chi connectivity index (χ1) is 16.4. The maximum Gasteiger partial charge on any atom is 0.254 e. The molecule has 1 N–H and O–H groups in total. The summed E-state index contributed by atoms with van der Waals surface area (Å²) >= 11 is 15.7. The van der Waals surface area contributed by atoms with Gasteiger partial charge in [0.15, 0.2) is 0 Å². The van der Waals surface area contributed by atoms with Crippen LogP contribution in [0.25, 0.3) is 0 Å². The maximum absolute atomic E-state index is 12.6. The van der Waals surface area contributed by atoms with Gasteiger partial charge in [0.05, 0.1) is 21.3 Å². The van der Waals surface area contributed by atoms with E-state index < -0.39 is 0 Å². The topological polar surface area (TPSA) is 66.8 Å². The Hall–Kier alpha value is -1.67. The lowest BCUT2D eigenvalue weighted by Crippen LogP contribution is -2.46. The molecule has 0 atom stereocenters. The highest BCUT2D eigenvalue weighted by Gasteiger charge is 2.48. The molecule has 6 nitrogen and oxygen atoms in total. The van der Waals surface area contributed by atoms with E-state index in [2.05, 4.69) is 48.4 Å². The van der Waals surface area contributed by atoms with Crippen molar-refractivity contribution in [3.05, 3.63) is 62.3 Å². The number of hydrogen-bond acceptors (Lipinski definition) is 5. The van der Waals surface area contributed by atoms with Crippen molar-refractivity contribution in [2.24, 2.45) is 11.1 Å². The molecule has 0 radical (unpaired) electrons. The molecule has 1 aliphatic heterocycles. The minimum Gasteiger partial charge on any atom is -0.396 e. The first-order valence-corrected chi connectivity index (χ1v) is 13.3. The Morgan fingerprint density at radius 3 is 2.44 bits per heavy atom. The van der Waals surface area contributed by atoms with Crippen LogP contribution in [0, 0.1) is 5.92 Å². The van der Waals surface area contributed by atoms with E-state index >= 15 is 0 Å². The van der Waals surface area contributed by atoms with Crippen LogP contribution in [-0.4, -0.2) is 53.3 Å². The van der Waals surface area contributed by atoms with Crippen LogP contribution in [0.2, 0.25) is 10.0 Å². The zero-order chi connectivity index (χ0) is 24.1. The molecule has 1 saturated heterocycles. The Bertz CT molecular complexity index is 1020. The second-order valence-electron chi connectivity index (χ2n) is 8.87. The van der Waals surface area contributed by atoms with Gasteiger partial charge in [-0.2, -0.15) is 0 Å². The average Bonchev–Trinajstić information content (AvgIpc) is 3.62. The predicted molar refractivity (Wildman–Crippen MR) is 140 cm³/mol. The van der Waals surface area contributed by atoms with Crippen molar-refractivity contribution in [3.8, 4) is 0 Å². The molecular weight excluding hydrogens is 539 g/mol. The first-order valence-electron chi connectivity index (χ1n) is 11.7. The Morgan fingerprint density at radius 1 is 1.21 bits per heavy atom. The molecule has 1 saturated carbocycles. The summed E-state index contributed by atoms with van der Waals surface area (Å²) < 4.78 is 1.05. The van der Waals surface area contributed by atoms with Gasteiger partial charge in [0.25, 0.3) is 5.91 Å². The summed E-state index contributed by atoms with van der Waals surface area (Å²) in [5, 5.41) is 8.01. The third-order valence-corrected chi connectivity index (χ3v) is 7.87. The molecular formula is C25H29BrCl2N4O2. The van der Waals surface area contributed by atoms with Gasteiger partial charge in [-0.1, -0.05) is 56.4 Å². The number of oxime groups is 1. The van der Waals surface area contributed by atoms with Crippen LogP contribution in [0.5, 0.6) is 0 Å². The zero-order valence-electron chi connectivity index (χ0n) is 19.2. The van der Waals surface area contributed by atoms with Crippen LogP contribution in [0.4, 0.5) is 0 Å². The number of rotatable bonds is 9. The van der Waals surface area contributed by atoms with Crippen molar-refractivity contribution in [2.75, 3.05) is 26.2 Å². The highest BCUT2D eigenvalue weighted by atomic mass is 79.9. The van der Waals surface area contributed by atoms with Crippen LogP contribution >= 0.6 is 39.1 Å². The number of nitrogens with one attached hydrogen (secondary N) is 1. The predicted octanol–water partition coefficient (Wildman–Crippen LogP) is 5.96. The van der Waals surface area contributed by atoms with Crippen molar-refractivity contribution in [3.63, 3.8) is 0 Å². The SMILES string of the molecule is CCO/N=C(\c1ccc(Br)cc1)C1CCN(C2(CCNC(=O)c3c(Cl)cncc3Cl)CC2)CC1. The van der Waals surface area contributed by atoms with Crippen molar-refractivity contribution >= 4 is 50.8 Å².